The largest absolute Gasteiger partial charge is 0.269 e. The van der Waals surface area contributed by atoms with Crippen molar-refractivity contribution in [1.82, 2.24) is 4.98 Å². The lowest BCUT2D eigenvalue weighted by Crippen LogP contribution is -1.94. The first kappa shape index (κ1) is 12.7. The zero-order chi connectivity index (χ0) is 13.8. The van der Waals surface area contributed by atoms with Crippen LogP contribution in [0.1, 0.15) is 11.3 Å². The van der Waals surface area contributed by atoms with E-state index in [1.54, 1.807) is 12.1 Å². The third kappa shape index (κ3) is 2.75. The Bertz CT molecular complexity index is 657. The topological polar surface area (TPSA) is 79.8 Å². The van der Waals surface area contributed by atoms with Gasteiger partial charge in [0.2, 0.25) is 0 Å². The van der Waals surface area contributed by atoms with Crippen LogP contribution in [0.15, 0.2) is 36.4 Å². The summed E-state index contributed by atoms with van der Waals surface area (Å²) in [5.74, 6) is 0. The number of rotatable bonds is 3. The monoisotopic (exact) mass is 253 g/mol. The van der Waals surface area contributed by atoms with E-state index in [1.165, 1.54) is 12.1 Å². The van der Waals surface area contributed by atoms with Gasteiger partial charge >= 0.3 is 0 Å². The van der Waals surface area contributed by atoms with Crippen LogP contribution < -0.4 is 0 Å². The minimum atomic E-state index is -0.432. The first-order chi connectivity index (χ1) is 9.11. The lowest BCUT2D eigenvalue weighted by Gasteiger charge is -2.05. The molecule has 0 N–H and O–H groups in total. The molecule has 0 atom stereocenters. The highest BCUT2D eigenvalue weighted by atomic mass is 16.6. The Hall–Kier alpha value is -2.74. The Labute approximate surface area is 110 Å². The van der Waals surface area contributed by atoms with Crippen LogP contribution in [-0.4, -0.2) is 9.91 Å². The summed E-state index contributed by atoms with van der Waals surface area (Å²) in [7, 11) is 0. The number of nitro groups is 1. The maximum Gasteiger partial charge on any atom is 0.269 e. The van der Waals surface area contributed by atoms with Gasteiger partial charge in [-0.05, 0) is 30.7 Å². The fraction of sp³-hybridized carbons (Fsp3) is 0.143. The molecule has 2 rings (SSSR count). The lowest BCUT2D eigenvalue weighted by molar-refractivity contribution is -0.384. The molecule has 1 aromatic heterocycles. The number of nitrogens with zero attached hydrogens (tertiary/aromatic N) is 3. The van der Waals surface area contributed by atoms with Crippen LogP contribution >= 0.6 is 0 Å². The second-order valence-electron chi connectivity index (χ2n) is 4.08. The quantitative estimate of drug-likeness (QED) is 0.622. The normalized spacial score (nSPS) is 9.89. The van der Waals surface area contributed by atoms with E-state index in [2.05, 4.69) is 11.1 Å². The van der Waals surface area contributed by atoms with Crippen molar-refractivity contribution in [1.29, 1.82) is 5.26 Å². The molecule has 0 saturated carbocycles. The molecule has 0 radical (unpaired) electrons. The molecule has 94 valence electrons. The Morgan fingerprint density at radius 2 is 1.95 bits per heavy atom. The van der Waals surface area contributed by atoms with Crippen LogP contribution in [0.5, 0.6) is 0 Å². The third-order valence-electron chi connectivity index (χ3n) is 2.84. The van der Waals surface area contributed by atoms with Gasteiger partial charge in [0, 0.05) is 23.4 Å². The standard InChI is InChI=1S/C14H11N3O2/c1-10-11(8-9-15)4-7-14(16-10)12-2-5-13(6-3-12)17(18)19/h2-7H,8H2,1H3. The molecular weight excluding hydrogens is 242 g/mol. The van der Waals surface area contributed by atoms with Gasteiger partial charge in [0.1, 0.15) is 0 Å². The van der Waals surface area contributed by atoms with Crippen molar-refractivity contribution >= 4 is 5.69 Å². The molecule has 0 unspecified atom stereocenters. The fourth-order valence-corrected chi connectivity index (χ4v) is 1.78. The summed E-state index contributed by atoms with van der Waals surface area (Å²) in [6, 6.07) is 12.0. The third-order valence-corrected chi connectivity index (χ3v) is 2.84. The van der Waals surface area contributed by atoms with Gasteiger partial charge in [-0.25, -0.2) is 0 Å². The number of pyridine rings is 1. The summed E-state index contributed by atoms with van der Waals surface area (Å²) in [5, 5.41) is 19.3. The van der Waals surface area contributed by atoms with E-state index >= 15 is 0 Å². The SMILES string of the molecule is Cc1nc(-c2ccc([N+](=O)[O-])cc2)ccc1CC#N. The van der Waals surface area contributed by atoms with E-state index in [4.69, 9.17) is 5.26 Å². The Morgan fingerprint density at radius 3 is 2.47 bits per heavy atom. The fourth-order valence-electron chi connectivity index (χ4n) is 1.78. The number of benzene rings is 1. The number of aryl methyl sites for hydroxylation is 1. The summed E-state index contributed by atoms with van der Waals surface area (Å²) in [4.78, 5) is 14.6. The number of hydrogen-bond donors (Lipinski definition) is 0. The highest BCUT2D eigenvalue weighted by molar-refractivity contribution is 5.61. The predicted molar refractivity (Wildman–Crippen MR) is 70.4 cm³/mol. The molecule has 19 heavy (non-hydrogen) atoms. The molecule has 0 amide bonds. The zero-order valence-corrected chi connectivity index (χ0v) is 10.3. The Balaban J connectivity index is 2.34. The molecule has 0 fully saturated rings. The van der Waals surface area contributed by atoms with Gasteiger partial charge < -0.3 is 0 Å². The number of aromatic nitrogens is 1. The number of nitro benzene ring substituents is 1. The van der Waals surface area contributed by atoms with E-state index in [-0.39, 0.29) is 5.69 Å². The zero-order valence-electron chi connectivity index (χ0n) is 10.3. The molecule has 5 heteroatoms. The summed E-state index contributed by atoms with van der Waals surface area (Å²) in [5.41, 5.74) is 3.32. The van der Waals surface area contributed by atoms with Crippen LogP contribution in [0.4, 0.5) is 5.69 Å². The molecule has 2 aromatic rings. The van der Waals surface area contributed by atoms with Gasteiger partial charge in [0.25, 0.3) is 5.69 Å². The van der Waals surface area contributed by atoms with Crippen LogP contribution in [-0.2, 0) is 6.42 Å². The van der Waals surface area contributed by atoms with Crippen molar-refractivity contribution in [3.8, 4) is 17.3 Å². The minimum Gasteiger partial charge on any atom is -0.258 e. The second kappa shape index (κ2) is 5.27. The number of hydrogen-bond acceptors (Lipinski definition) is 4. The first-order valence-electron chi connectivity index (χ1n) is 5.70. The molecule has 0 spiro atoms. The average molecular weight is 253 g/mol. The van der Waals surface area contributed by atoms with Gasteiger partial charge in [-0.3, -0.25) is 15.1 Å². The van der Waals surface area contributed by atoms with Gasteiger partial charge in [-0.15, -0.1) is 0 Å². The summed E-state index contributed by atoms with van der Waals surface area (Å²) >= 11 is 0. The molecular formula is C14H11N3O2. The first-order valence-corrected chi connectivity index (χ1v) is 5.70. The molecule has 0 bridgehead atoms. The lowest BCUT2D eigenvalue weighted by atomic mass is 10.1. The highest BCUT2D eigenvalue weighted by Gasteiger charge is 2.07. The maximum atomic E-state index is 10.6. The van der Waals surface area contributed by atoms with Crippen molar-refractivity contribution in [3.63, 3.8) is 0 Å². The maximum absolute atomic E-state index is 10.6. The van der Waals surface area contributed by atoms with Crippen LogP contribution in [0.25, 0.3) is 11.3 Å². The van der Waals surface area contributed by atoms with E-state index in [1.807, 2.05) is 19.1 Å². The van der Waals surface area contributed by atoms with Gasteiger partial charge in [0.15, 0.2) is 0 Å². The molecule has 0 aliphatic heterocycles. The number of nitriles is 1. The van der Waals surface area contributed by atoms with Crippen molar-refractivity contribution in [2.75, 3.05) is 0 Å². The Morgan fingerprint density at radius 1 is 1.26 bits per heavy atom. The summed E-state index contributed by atoms with van der Waals surface area (Å²) in [6.07, 6.45) is 0.333. The van der Waals surface area contributed by atoms with Gasteiger partial charge in [0.05, 0.1) is 23.1 Å². The van der Waals surface area contributed by atoms with Crippen LogP contribution in [0.3, 0.4) is 0 Å². The van der Waals surface area contributed by atoms with E-state index < -0.39 is 4.92 Å². The van der Waals surface area contributed by atoms with Crippen molar-refractivity contribution in [2.45, 2.75) is 13.3 Å². The van der Waals surface area contributed by atoms with E-state index in [0.717, 1.165) is 22.5 Å². The second-order valence-corrected chi connectivity index (χ2v) is 4.08. The molecule has 5 nitrogen and oxygen atoms in total. The molecule has 1 aromatic carbocycles. The van der Waals surface area contributed by atoms with E-state index in [9.17, 15) is 10.1 Å². The van der Waals surface area contributed by atoms with Crippen molar-refractivity contribution < 1.29 is 4.92 Å². The molecule has 0 aliphatic rings. The molecule has 0 aliphatic carbocycles. The van der Waals surface area contributed by atoms with Crippen LogP contribution in [0, 0.1) is 28.4 Å². The molecule has 1 heterocycles. The van der Waals surface area contributed by atoms with Crippen LogP contribution in [0.2, 0.25) is 0 Å². The van der Waals surface area contributed by atoms with Crippen molar-refractivity contribution in [3.05, 3.63) is 57.8 Å². The highest BCUT2D eigenvalue weighted by Crippen LogP contribution is 2.22. The smallest absolute Gasteiger partial charge is 0.258 e. The Kier molecular flexibility index (Phi) is 3.53. The molecule has 0 saturated heterocycles. The van der Waals surface area contributed by atoms with E-state index in [0.29, 0.717) is 6.42 Å². The number of non-ortho nitro benzene ring substituents is 1. The van der Waals surface area contributed by atoms with Gasteiger partial charge in [-0.2, -0.15) is 5.26 Å². The predicted octanol–water partition coefficient (Wildman–Crippen LogP) is 3.03. The minimum absolute atomic E-state index is 0.0570. The van der Waals surface area contributed by atoms with Gasteiger partial charge in [-0.1, -0.05) is 6.07 Å². The average Bonchev–Trinajstić information content (AvgIpc) is 2.41. The summed E-state index contributed by atoms with van der Waals surface area (Å²) in [6.45, 7) is 1.85. The summed E-state index contributed by atoms with van der Waals surface area (Å²) < 4.78 is 0. The van der Waals surface area contributed by atoms with Crippen molar-refractivity contribution in [2.24, 2.45) is 0 Å².